The van der Waals surface area contributed by atoms with E-state index in [1.165, 1.54) is 6.26 Å². The second-order valence-electron chi connectivity index (χ2n) is 2.92. The molecule has 2 heterocycles. The molecule has 0 saturated heterocycles. The van der Waals surface area contributed by atoms with Crippen molar-refractivity contribution in [2.75, 3.05) is 5.32 Å². The highest BCUT2D eigenvalue weighted by Crippen LogP contribution is 2.19. The molecule has 0 aliphatic rings. The summed E-state index contributed by atoms with van der Waals surface area (Å²) < 4.78 is 6.23. The monoisotopic (exact) mass is 344 g/mol. The van der Waals surface area contributed by atoms with Crippen LogP contribution in [0.4, 0.5) is 5.82 Å². The number of hydrogen-bond donors (Lipinski definition) is 1. The summed E-state index contributed by atoms with van der Waals surface area (Å²) in [5, 5.41) is 2.65. The maximum absolute atomic E-state index is 11.7. The van der Waals surface area contributed by atoms with E-state index in [4.69, 9.17) is 4.42 Å². The number of furan rings is 1. The molecular weight excluding hydrogens is 340 g/mol. The van der Waals surface area contributed by atoms with Crippen molar-refractivity contribution in [3.8, 4) is 0 Å². The van der Waals surface area contributed by atoms with Crippen LogP contribution < -0.4 is 5.32 Å². The molecular formula is C10H6Br2N2O2. The Bertz CT molecular complexity index is 508. The van der Waals surface area contributed by atoms with Gasteiger partial charge in [-0.3, -0.25) is 4.79 Å². The van der Waals surface area contributed by atoms with Gasteiger partial charge in [-0.15, -0.1) is 0 Å². The average Bonchev–Trinajstić information content (AvgIpc) is 2.68. The fraction of sp³-hybridized carbons (Fsp3) is 0. The van der Waals surface area contributed by atoms with Crippen molar-refractivity contribution in [1.29, 1.82) is 0 Å². The minimum atomic E-state index is -0.268. The van der Waals surface area contributed by atoms with E-state index in [1.54, 1.807) is 24.4 Å². The fourth-order valence-corrected chi connectivity index (χ4v) is 1.74. The predicted octanol–water partition coefficient (Wildman–Crippen LogP) is 3.45. The van der Waals surface area contributed by atoms with E-state index >= 15 is 0 Å². The first-order valence-electron chi connectivity index (χ1n) is 4.33. The minimum absolute atomic E-state index is 0.268. The van der Waals surface area contributed by atoms with Gasteiger partial charge < -0.3 is 9.73 Å². The molecule has 2 aromatic heterocycles. The number of nitrogens with one attached hydrogen (secondary N) is 1. The quantitative estimate of drug-likeness (QED) is 0.906. The number of hydrogen-bond acceptors (Lipinski definition) is 3. The number of pyridine rings is 1. The smallest absolute Gasteiger partial charge is 0.261 e. The summed E-state index contributed by atoms with van der Waals surface area (Å²) in [5.41, 5.74) is 0.435. The SMILES string of the molecule is O=C(Nc1ccc(Br)cn1)c1ccoc1Br. The highest BCUT2D eigenvalue weighted by molar-refractivity contribution is 9.10. The lowest BCUT2D eigenvalue weighted by atomic mass is 10.3. The lowest BCUT2D eigenvalue weighted by Crippen LogP contribution is -2.12. The number of anilines is 1. The molecule has 6 heteroatoms. The summed E-state index contributed by atoms with van der Waals surface area (Å²) >= 11 is 6.40. The molecule has 4 nitrogen and oxygen atoms in total. The van der Waals surface area contributed by atoms with Gasteiger partial charge >= 0.3 is 0 Å². The van der Waals surface area contributed by atoms with Gasteiger partial charge in [-0.25, -0.2) is 4.98 Å². The van der Waals surface area contributed by atoms with Crippen LogP contribution in [0.15, 0.2) is 44.2 Å². The Morgan fingerprint density at radius 3 is 2.69 bits per heavy atom. The van der Waals surface area contributed by atoms with Crippen molar-refractivity contribution < 1.29 is 9.21 Å². The Kier molecular flexibility index (Phi) is 3.40. The molecule has 0 unspecified atom stereocenters. The van der Waals surface area contributed by atoms with Gasteiger partial charge in [0, 0.05) is 10.7 Å². The maximum atomic E-state index is 11.7. The molecule has 0 saturated carbocycles. The van der Waals surface area contributed by atoms with Crippen molar-refractivity contribution in [3.63, 3.8) is 0 Å². The van der Waals surface area contributed by atoms with Crippen LogP contribution in [-0.2, 0) is 0 Å². The molecule has 0 aromatic carbocycles. The molecule has 0 aliphatic carbocycles. The molecule has 0 aliphatic heterocycles. The number of aromatic nitrogens is 1. The molecule has 0 spiro atoms. The van der Waals surface area contributed by atoms with Gasteiger partial charge in [0.25, 0.3) is 5.91 Å². The first-order chi connectivity index (χ1) is 7.66. The second-order valence-corrected chi connectivity index (χ2v) is 4.56. The van der Waals surface area contributed by atoms with Crippen LogP contribution in [0.5, 0.6) is 0 Å². The molecule has 1 N–H and O–H groups in total. The molecule has 82 valence electrons. The van der Waals surface area contributed by atoms with Gasteiger partial charge in [-0.1, -0.05) is 0 Å². The summed E-state index contributed by atoms with van der Waals surface area (Å²) in [6, 6.07) is 5.08. The van der Waals surface area contributed by atoms with Crippen LogP contribution in [0, 0.1) is 0 Å². The third-order valence-electron chi connectivity index (χ3n) is 1.83. The molecule has 16 heavy (non-hydrogen) atoms. The van der Waals surface area contributed by atoms with Gasteiger partial charge in [-0.2, -0.15) is 0 Å². The van der Waals surface area contributed by atoms with Crippen LogP contribution >= 0.6 is 31.9 Å². The number of amides is 1. The maximum Gasteiger partial charge on any atom is 0.261 e. The molecule has 0 bridgehead atoms. The minimum Gasteiger partial charge on any atom is -0.457 e. The van der Waals surface area contributed by atoms with Crippen molar-refractivity contribution in [2.24, 2.45) is 0 Å². The van der Waals surface area contributed by atoms with Gasteiger partial charge in [-0.05, 0) is 50.1 Å². The van der Waals surface area contributed by atoms with E-state index in [-0.39, 0.29) is 5.91 Å². The molecule has 2 aromatic rings. The average molecular weight is 346 g/mol. The number of carbonyl (C=O) groups excluding carboxylic acids is 1. The van der Waals surface area contributed by atoms with Gasteiger partial charge in [0.1, 0.15) is 5.82 Å². The van der Waals surface area contributed by atoms with Crippen molar-refractivity contribution >= 4 is 43.6 Å². The van der Waals surface area contributed by atoms with Crippen LogP contribution in [0.3, 0.4) is 0 Å². The standard InChI is InChI=1S/C10H6Br2N2O2/c11-6-1-2-8(13-5-6)14-10(15)7-3-4-16-9(7)12/h1-5H,(H,13,14,15). The van der Waals surface area contributed by atoms with E-state index in [2.05, 4.69) is 42.2 Å². The van der Waals surface area contributed by atoms with E-state index < -0.39 is 0 Å². The van der Waals surface area contributed by atoms with E-state index in [0.717, 1.165) is 4.47 Å². The number of halogens is 2. The first-order valence-corrected chi connectivity index (χ1v) is 5.91. The highest BCUT2D eigenvalue weighted by Gasteiger charge is 2.12. The summed E-state index contributed by atoms with van der Waals surface area (Å²) in [4.78, 5) is 15.8. The topological polar surface area (TPSA) is 55.1 Å². The zero-order valence-corrected chi connectivity index (χ0v) is 11.1. The Balaban J connectivity index is 2.14. The lowest BCUT2D eigenvalue weighted by Gasteiger charge is -2.02. The van der Waals surface area contributed by atoms with Crippen molar-refractivity contribution in [2.45, 2.75) is 0 Å². The second kappa shape index (κ2) is 4.80. The molecule has 2 rings (SSSR count). The van der Waals surface area contributed by atoms with E-state index in [0.29, 0.717) is 16.1 Å². The fourth-order valence-electron chi connectivity index (χ4n) is 1.09. The van der Waals surface area contributed by atoms with Gasteiger partial charge in [0.2, 0.25) is 0 Å². The highest BCUT2D eigenvalue weighted by atomic mass is 79.9. The molecule has 0 atom stereocenters. The summed E-state index contributed by atoms with van der Waals surface area (Å²) in [7, 11) is 0. The summed E-state index contributed by atoms with van der Waals surface area (Å²) in [6.45, 7) is 0. The van der Waals surface area contributed by atoms with Crippen molar-refractivity contribution in [1.82, 2.24) is 4.98 Å². The zero-order valence-electron chi connectivity index (χ0n) is 7.91. The van der Waals surface area contributed by atoms with Gasteiger partial charge in [0.05, 0.1) is 11.8 Å². The van der Waals surface area contributed by atoms with Crippen LogP contribution in [-0.4, -0.2) is 10.9 Å². The first kappa shape index (κ1) is 11.3. The third kappa shape index (κ3) is 2.51. The van der Waals surface area contributed by atoms with Gasteiger partial charge in [0.15, 0.2) is 4.67 Å². The molecule has 0 fully saturated rings. The summed E-state index contributed by atoms with van der Waals surface area (Å²) in [5.74, 6) is 0.219. The number of carbonyl (C=O) groups is 1. The molecule has 1 amide bonds. The number of nitrogens with zero attached hydrogens (tertiary/aromatic N) is 1. The Morgan fingerprint density at radius 1 is 1.31 bits per heavy atom. The van der Waals surface area contributed by atoms with Crippen molar-refractivity contribution in [3.05, 3.63) is 45.4 Å². The summed E-state index contributed by atoms with van der Waals surface area (Å²) in [6.07, 6.45) is 3.05. The van der Waals surface area contributed by atoms with E-state index in [9.17, 15) is 4.79 Å². The van der Waals surface area contributed by atoms with Crippen LogP contribution in [0.2, 0.25) is 0 Å². The Hall–Kier alpha value is -1.14. The Morgan fingerprint density at radius 2 is 2.12 bits per heavy atom. The Labute approximate surface area is 108 Å². The predicted molar refractivity (Wildman–Crippen MR) is 66.3 cm³/mol. The lowest BCUT2D eigenvalue weighted by molar-refractivity contribution is 0.102. The van der Waals surface area contributed by atoms with E-state index in [1.807, 2.05) is 0 Å². The largest absolute Gasteiger partial charge is 0.457 e. The normalized spacial score (nSPS) is 10.1. The van der Waals surface area contributed by atoms with Crippen LogP contribution in [0.1, 0.15) is 10.4 Å². The third-order valence-corrected chi connectivity index (χ3v) is 2.91. The molecule has 0 radical (unpaired) electrons. The zero-order chi connectivity index (χ0) is 11.5. The van der Waals surface area contributed by atoms with Crippen LogP contribution in [0.25, 0.3) is 0 Å². The number of rotatable bonds is 2.